The molecule has 0 amide bonds. The van der Waals surface area contributed by atoms with Gasteiger partial charge in [-0.15, -0.1) is 0 Å². The van der Waals surface area contributed by atoms with Crippen LogP contribution in [-0.2, 0) is 4.79 Å². The van der Waals surface area contributed by atoms with E-state index in [1.54, 1.807) is 0 Å². The van der Waals surface area contributed by atoms with Gasteiger partial charge in [0.25, 0.3) is 0 Å². The molecule has 7 heteroatoms. The molecule has 3 rings (SSSR count). The lowest BCUT2D eigenvalue weighted by molar-refractivity contribution is -0.116. The average molecular weight is 423 g/mol. The minimum Gasteiger partial charge on any atom is -0.490 e. The van der Waals surface area contributed by atoms with Crippen LogP contribution in [0.3, 0.4) is 0 Å². The van der Waals surface area contributed by atoms with Crippen LogP contribution in [0.25, 0.3) is 0 Å². The molecular weight excluding hydrogens is 396 g/mol. The lowest BCUT2D eigenvalue weighted by Crippen LogP contribution is -2.49. The number of rotatable bonds is 7. The van der Waals surface area contributed by atoms with Gasteiger partial charge >= 0.3 is 0 Å². The zero-order valence-electron chi connectivity index (χ0n) is 16.6. The minimum absolute atomic E-state index is 0.172. The molecule has 1 N–H and O–H groups in total. The van der Waals surface area contributed by atoms with E-state index in [4.69, 9.17) is 33.3 Å². The van der Waals surface area contributed by atoms with Crippen molar-refractivity contribution in [3.05, 3.63) is 34.0 Å². The maximum absolute atomic E-state index is 12.9. The molecule has 1 unspecified atom stereocenters. The van der Waals surface area contributed by atoms with E-state index in [0.29, 0.717) is 41.3 Å². The predicted molar refractivity (Wildman–Crippen MR) is 115 cm³/mol. The molecule has 28 heavy (non-hydrogen) atoms. The molecule has 1 atom stereocenters. The third kappa shape index (κ3) is 3.98. The maximum atomic E-state index is 12.9. The number of Topliss-reactive ketones (excluding diaryl/α,β-unsaturated/α-hetero) is 1. The molecule has 1 aliphatic carbocycles. The van der Waals surface area contributed by atoms with Crippen LogP contribution in [0.5, 0.6) is 11.5 Å². The number of hydrogen-bond acceptors (Lipinski definition) is 4. The summed E-state index contributed by atoms with van der Waals surface area (Å²) in [6.07, 6.45) is 3.25. The van der Waals surface area contributed by atoms with Gasteiger partial charge in [0.1, 0.15) is 0 Å². The van der Waals surface area contributed by atoms with Gasteiger partial charge in [-0.2, -0.15) is 0 Å². The van der Waals surface area contributed by atoms with Crippen LogP contribution in [0.15, 0.2) is 23.4 Å². The smallest absolute Gasteiger partial charge is 0.179 e. The van der Waals surface area contributed by atoms with E-state index in [0.717, 1.165) is 42.6 Å². The van der Waals surface area contributed by atoms with Gasteiger partial charge in [0.05, 0.1) is 24.3 Å². The lowest BCUT2D eigenvalue weighted by atomic mass is 9.84. The fourth-order valence-corrected chi connectivity index (χ4v) is 4.46. The Balaban J connectivity index is 2.10. The topological polar surface area (TPSA) is 50.8 Å². The average Bonchev–Trinajstić information content (AvgIpc) is 2.66. The molecule has 1 aliphatic heterocycles. The summed E-state index contributed by atoms with van der Waals surface area (Å²) in [6.45, 7) is 7.72. The van der Waals surface area contributed by atoms with Crippen molar-refractivity contribution in [3.8, 4) is 11.5 Å². The molecule has 0 saturated heterocycles. The number of thiocarbonyl (C=S) groups is 1. The zero-order valence-corrected chi connectivity index (χ0v) is 18.2. The third-order valence-corrected chi connectivity index (χ3v) is 5.58. The van der Waals surface area contributed by atoms with E-state index in [1.165, 1.54) is 0 Å². The van der Waals surface area contributed by atoms with Crippen LogP contribution in [0, 0.1) is 0 Å². The van der Waals surface area contributed by atoms with Gasteiger partial charge in [-0.1, -0.05) is 18.5 Å². The van der Waals surface area contributed by atoms with Crippen molar-refractivity contribution >= 4 is 34.7 Å². The molecule has 1 aromatic rings. The van der Waals surface area contributed by atoms with Crippen molar-refractivity contribution in [2.75, 3.05) is 19.8 Å². The van der Waals surface area contributed by atoms with Gasteiger partial charge in [-0.3, -0.25) is 4.79 Å². The summed E-state index contributed by atoms with van der Waals surface area (Å²) in [5.41, 5.74) is 2.71. The molecule has 0 radical (unpaired) electrons. The Hall–Kier alpha value is -1.79. The number of ketones is 1. The first-order chi connectivity index (χ1) is 13.5. The number of nitrogens with zero attached hydrogens (tertiary/aromatic N) is 1. The van der Waals surface area contributed by atoms with E-state index < -0.39 is 0 Å². The highest BCUT2D eigenvalue weighted by molar-refractivity contribution is 7.80. The zero-order chi connectivity index (χ0) is 20.3. The van der Waals surface area contributed by atoms with Gasteiger partial charge in [-0.25, -0.2) is 0 Å². The first-order valence-corrected chi connectivity index (χ1v) is 10.7. The first-order valence-electron chi connectivity index (χ1n) is 9.95. The van der Waals surface area contributed by atoms with Crippen molar-refractivity contribution < 1.29 is 14.3 Å². The van der Waals surface area contributed by atoms with Crippen molar-refractivity contribution in [3.63, 3.8) is 0 Å². The Morgan fingerprint density at radius 3 is 2.64 bits per heavy atom. The van der Waals surface area contributed by atoms with Gasteiger partial charge in [0.2, 0.25) is 0 Å². The summed E-state index contributed by atoms with van der Waals surface area (Å²) >= 11 is 12.2. The largest absolute Gasteiger partial charge is 0.490 e. The SMILES string of the molecule is CCCN1C(=S)NC(c2cc(Cl)c(OCC)c(OCC)c2)C2=C1CCCC2=O. The fourth-order valence-electron chi connectivity index (χ4n) is 3.86. The third-order valence-electron chi connectivity index (χ3n) is 4.96. The van der Waals surface area contributed by atoms with Crippen LogP contribution >= 0.6 is 23.8 Å². The van der Waals surface area contributed by atoms with Crippen LogP contribution in [-0.4, -0.2) is 35.6 Å². The van der Waals surface area contributed by atoms with Crippen molar-refractivity contribution in [2.45, 2.75) is 52.5 Å². The number of carbonyl (C=O) groups excluding carboxylic acids is 1. The van der Waals surface area contributed by atoms with Crippen molar-refractivity contribution in [2.24, 2.45) is 0 Å². The van der Waals surface area contributed by atoms with E-state index >= 15 is 0 Å². The quantitative estimate of drug-likeness (QED) is 0.638. The van der Waals surface area contributed by atoms with E-state index in [1.807, 2.05) is 26.0 Å². The Morgan fingerprint density at radius 1 is 1.21 bits per heavy atom. The number of ether oxygens (including phenoxy) is 2. The molecule has 0 bridgehead atoms. The Labute approximate surface area is 177 Å². The highest BCUT2D eigenvalue weighted by Crippen LogP contribution is 2.43. The Morgan fingerprint density at radius 2 is 1.96 bits per heavy atom. The van der Waals surface area contributed by atoms with E-state index in [-0.39, 0.29) is 11.8 Å². The van der Waals surface area contributed by atoms with Crippen LogP contribution in [0.2, 0.25) is 5.02 Å². The second kappa shape index (κ2) is 9.14. The highest BCUT2D eigenvalue weighted by atomic mass is 35.5. The van der Waals surface area contributed by atoms with Crippen LogP contribution in [0.1, 0.15) is 58.1 Å². The van der Waals surface area contributed by atoms with Crippen molar-refractivity contribution in [1.29, 1.82) is 0 Å². The summed E-state index contributed by atoms with van der Waals surface area (Å²) in [5, 5.41) is 4.49. The monoisotopic (exact) mass is 422 g/mol. The molecule has 5 nitrogen and oxygen atoms in total. The number of hydrogen-bond donors (Lipinski definition) is 1. The number of carbonyl (C=O) groups is 1. The van der Waals surface area contributed by atoms with Crippen LogP contribution in [0.4, 0.5) is 0 Å². The number of allylic oxidation sites excluding steroid dienone is 1. The normalized spacial score (nSPS) is 19.4. The Bertz CT molecular complexity index is 809. The number of halogens is 1. The summed E-state index contributed by atoms with van der Waals surface area (Å²) in [5.74, 6) is 1.29. The number of nitrogens with one attached hydrogen (secondary N) is 1. The molecule has 0 spiro atoms. The first kappa shape index (κ1) is 20.9. The van der Waals surface area contributed by atoms with Crippen LogP contribution < -0.4 is 14.8 Å². The minimum atomic E-state index is -0.323. The van der Waals surface area contributed by atoms with Gasteiger partial charge < -0.3 is 19.7 Å². The Kier molecular flexibility index (Phi) is 6.83. The maximum Gasteiger partial charge on any atom is 0.179 e. The predicted octanol–water partition coefficient (Wildman–Crippen LogP) is 4.79. The number of benzene rings is 1. The lowest BCUT2D eigenvalue weighted by Gasteiger charge is -2.41. The fraction of sp³-hybridized carbons (Fsp3) is 0.524. The molecule has 1 aromatic carbocycles. The molecule has 2 aliphatic rings. The highest BCUT2D eigenvalue weighted by Gasteiger charge is 2.37. The van der Waals surface area contributed by atoms with E-state index in [9.17, 15) is 4.79 Å². The van der Waals surface area contributed by atoms with Gasteiger partial charge in [0, 0.05) is 24.2 Å². The van der Waals surface area contributed by atoms with Gasteiger partial charge in [-0.05, 0) is 63.0 Å². The summed E-state index contributed by atoms with van der Waals surface area (Å²) in [7, 11) is 0. The molecule has 0 fully saturated rings. The second-order valence-electron chi connectivity index (χ2n) is 6.87. The molecule has 0 saturated carbocycles. The molecule has 152 valence electrons. The summed E-state index contributed by atoms with van der Waals surface area (Å²) < 4.78 is 11.4. The summed E-state index contributed by atoms with van der Waals surface area (Å²) in [4.78, 5) is 15.0. The molecule has 0 aromatic heterocycles. The molecular formula is C21H27ClN2O3S. The van der Waals surface area contributed by atoms with Gasteiger partial charge in [0.15, 0.2) is 22.4 Å². The van der Waals surface area contributed by atoms with E-state index in [2.05, 4.69) is 17.1 Å². The van der Waals surface area contributed by atoms with Crippen molar-refractivity contribution in [1.82, 2.24) is 10.2 Å². The molecule has 1 heterocycles. The second-order valence-corrected chi connectivity index (χ2v) is 7.66. The standard InChI is InChI=1S/C21H27ClN2O3S/c1-4-10-24-15-8-7-9-16(25)18(15)19(23-21(24)28)13-11-14(22)20(27-6-3)17(12-13)26-5-2/h11-12,19H,4-10H2,1-3H3,(H,23,28). The summed E-state index contributed by atoms with van der Waals surface area (Å²) in [6, 6.07) is 3.43.